The fourth-order valence-corrected chi connectivity index (χ4v) is 2.10. The third kappa shape index (κ3) is 2.55. The van der Waals surface area contributed by atoms with E-state index in [1.165, 1.54) is 6.26 Å². The first-order valence-corrected chi connectivity index (χ1v) is 5.94. The van der Waals surface area contributed by atoms with E-state index in [-0.39, 0.29) is 17.7 Å². The second-order valence-electron chi connectivity index (χ2n) is 3.41. The Morgan fingerprint density at radius 3 is 3.06 bits per heavy atom. The first kappa shape index (κ1) is 11.0. The van der Waals surface area contributed by atoms with E-state index < -0.39 is 0 Å². The summed E-state index contributed by atoms with van der Waals surface area (Å²) in [7, 11) is 0. The Labute approximate surface area is 97.9 Å². The quantitative estimate of drug-likeness (QED) is 0.875. The topological polar surface area (TPSA) is 47.6 Å². The lowest BCUT2D eigenvalue weighted by Gasteiger charge is -2.17. The predicted octanol–water partition coefficient (Wildman–Crippen LogP) is 1.81. The molecule has 2 rings (SSSR count). The van der Waals surface area contributed by atoms with E-state index in [2.05, 4.69) is 5.32 Å². The Balaban J connectivity index is 1.94. The van der Waals surface area contributed by atoms with Crippen molar-refractivity contribution < 1.29 is 14.3 Å². The van der Waals surface area contributed by atoms with Gasteiger partial charge in [-0.05, 0) is 18.4 Å². The molecule has 1 aliphatic rings. The number of amides is 1. The van der Waals surface area contributed by atoms with E-state index in [0.717, 1.165) is 4.88 Å². The highest BCUT2D eigenvalue weighted by atomic mass is 32.1. The molecular formula is C11H13NO3S. The van der Waals surface area contributed by atoms with Gasteiger partial charge in [0.1, 0.15) is 19.5 Å². The smallest absolute Gasteiger partial charge is 0.290 e. The number of rotatable bonds is 3. The zero-order valence-corrected chi connectivity index (χ0v) is 9.75. The maximum absolute atomic E-state index is 11.7. The summed E-state index contributed by atoms with van der Waals surface area (Å²) < 4.78 is 10.2. The van der Waals surface area contributed by atoms with Gasteiger partial charge in [0.2, 0.25) is 5.76 Å². The minimum absolute atomic E-state index is 0.0149. The maximum atomic E-state index is 11.7. The molecule has 0 spiro atoms. The number of carbonyl (C=O) groups is 1. The largest absolute Gasteiger partial charge is 0.494 e. The summed E-state index contributed by atoms with van der Waals surface area (Å²) in [6.45, 7) is 2.86. The van der Waals surface area contributed by atoms with Gasteiger partial charge in [0, 0.05) is 4.88 Å². The Hall–Kier alpha value is -1.49. The van der Waals surface area contributed by atoms with Crippen molar-refractivity contribution in [3.8, 4) is 0 Å². The van der Waals surface area contributed by atoms with Crippen LogP contribution in [0.4, 0.5) is 0 Å². The molecule has 0 saturated heterocycles. The lowest BCUT2D eigenvalue weighted by atomic mass is 10.2. The summed E-state index contributed by atoms with van der Waals surface area (Å²) in [5.74, 6) is 0.00950. The van der Waals surface area contributed by atoms with Crippen molar-refractivity contribution in [3.63, 3.8) is 0 Å². The molecule has 5 heteroatoms. The van der Waals surface area contributed by atoms with Gasteiger partial charge >= 0.3 is 0 Å². The molecule has 1 amide bonds. The van der Waals surface area contributed by atoms with Gasteiger partial charge in [-0.2, -0.15) is 0 Å². The molecular weight excluding hydrogens is 226 g/mol. The van der Waals surface area contributed by atoms with E-state index in [9.17, 15) is 4.79 Å². The second-order valence-corrected chi connectivity index (χ2v) is 4.39. The van der Waals surface area contributed by atoms with E-state index in [0.29, 0.717) is 13.2 Å². The molecule has 0 radical (unpaired) electrons. The van der Waals surface area contributed by atoms with Crippen LogP contribution in [0.1, 0.15) is 17.8 Å². The minimum Gasteiger partial charge on any atom is -0.494 e. The van der Waals surface area contributed by atoms with Crippen LogP contribution in [-0.2, 0) is 14.3 Å². The molecule has 0 bridgehead atoms. The number of thiophene rings is 1. The molecule has 1 atom stereocenters. The van der Waals surface area contributed by atoms with Crippen molar-refractivity contribution in [2.75, 3.05) is 13.2 Å². The van der Waals surface area contributed by atoms with Crippen molar-refractivity contribution in [2.45, 2.75) is 13.0 Å². The second kappa shape index (κ2) is 5.03. The van der Waals surface area contributed by atoms with Gasteiger partial charge < -0.3 is 14.8 Å². The molecule has 1 N–H and O–H groups in total. The summed E-state index contributed by atoms with van der Waals surface area (Å²) in [5, 5.41) is 4.83. The molecule has 0 fully saturated rings. The number of hydrogen-bond acceptors (Lipinski definition) is 4. The molecule has 1 aliphatic heterocycles. The third-order valence-electron chi connectivity index (χ3n) is 2.19. The standard InChI is InChI=1S/C11H13NO3S/c1-8(10-3-2-6-16-10)12-11(13)9-7-14-4-5-15-9/h2-3,6-8H,4-5H2,1H3,(H,12,13). The summed E-state index contributed by atoms with van der Waals surface area (Å²) in [4.78, 5) is 12.8. The van der Waals surface area contributed by atoms with Crippen LogP contribution in [-0.4, -0.2) is 19.1 Å². The van der Waals surface area contributed by atoms with Gasteiger partial charge in [-0.25, -0.2) is 0 Å². The van der Waals surface area contributed by atoms with Crippen LogP contribution in [0.3, 0.4) is 0 Å². The van der Waals surface area contributed by atoms with Crippen LogP contribution in [0.15, 0.2) is 29.5 Å². The van der Waals surface area contributed by atoms with Crippen LogP contribution in [0.5, 0.6) is 0 Å². The normalized spacial score (nSPS) is 16.7. The molecule has 1 unspecified atom stereocenters. The molecule has 0 saturated carbocycles. The number of nitrogens with one attached hydrogen (secondary N) is 1. The summed E-state index contributed by atoms with van der Waals surface area (Å²) >= 11 is 1.61. The monoisotopic (exact) mass is 239 g/mol. The van der Waals surface area contributed by atoms with Crippen LogP contribution < -0.4 is 5.32 Å². The van der Waals surface area contributed by atoms with Gasteiger partial charge in [0.05, 0.1) is 6.04 Å². The van der Waals surface area contributed by atoms with Gasteiger partial charge in [-0.1, -0.05) is 6.07 Å². The zero-order valence-electron chi connectivity index (χ0n) is 8.93. The minimum atomic E-state index is -0.236. The highest BCUT2D eigenvalue weighted by molar-refractivity contribution is 7.10. The molecule has 4 nitrogen and oxygen atoms in total. The Bertz CT molecular complexity index is 386. The Morgan fingerprint density at radius 2 is 2.44 bits per heavy atom. The van der Waals surface area contributed by atoms with Crippen molar-refractivity contribution in [1.82, 2.24) is 5.32 Å². The SMILES string of the molecule is CC(NC(=O)C1=COCCO1)c1cccs1. The van der Waals surface area contributed by atoms with Crippen LogP contribution in [0.2, 0.25) is 0 Å². The van der Waals surface area contributed by atoms with Gasteiger partial charge in [-0.3, -0.25) is 4.79 Å². The van der Waals surface area contributed by atoms with E-state index in [4.69, 9.17) is 9.47 Å². The highest BCUT2D eigenvalue weighted by Gasteiger charge is 2.17. The fraction of sp³-hybridized carbons (Fsp3) is 0.364. The van der Waals surface area contributed by atoms with Crippen LogP contribution in [0, 0.1) is 0 Å². The van der Waals surface area contributed by atoms with E-state index in [1.807, 2.05) is 24.4 Å². The average molecular weight is 239 g/mol. The van der Waals surface area contributed by atoms with Crippen molar-refractivity contribution in [2.24, 2.45) is 0 Å². The highest BCUT2D eigenvalue weighted by Crippen LogP contribution is 2.18. The molecule has 2 heterocycles. The van der Waals surface area contributed by atoms with Crippen LogP contribution in [0.25, 0.3) is 0 Å². The molecule has 1 aromatic rings. The molecule has 0 aromatic carbocycles. The van der Waals surface area contributed by atoms with E-state index >= 15 is 0 Å². The molecule has 0 aliphatic carbocycles. The molecule has 16 heavy (non-hydrogen) atoms. The first-order chi connectivity index (χ1) is 7.77. The zero-order chi connectivity index (χ0) is 11.4. The molecule has 86 valence electrons. The van der Waals surface area contributed by atoms with Crippen molar-refractivity contribution >= 4 is 17.2 Å². The Morgan fingerprint density at radius 1 is 1.56 bits per heavy atom. The summed E-state index contributed by atoms with van der Waals surface area (Å²) in [6, 6.07) is 3.93. The van der Waals surface area contributed by atoms with Gasteiger partial charge in [0.15, 0.2) is 0 Å². The maximum Gasteiger partial charge on any atom is 0.290 e. The summed E-state index contributed by atoms with van der Waals surface area (Å²) in [6.07, 6.45) is 1.36. The van der Waals surface area contributed by atoms with Crippen molar-refractivity contribution in [1.29, 1.82) is 0 Å². The third-order valence-corrected chi connectivity index (χ3v) is 3.25. The number of ether oxygens (including phenoxy) is 2. The van der Waals surface area contributed by atoms with Crippen molar-refractivity contribution in [3.05, 3.63) is 34.4 Å². The number of hydrogen-bond donors (Lipinski definition) is 1. The van der Waals surface area contributed by atoms with Gasteiger partial charge in [0.25, 0.3) is 5.91 Å². The Kier molecular flexibility index (Phi) is 3.46. The molecule has 1 aromatic heterocycles. The summed E-state index contributed by atoms with van der Waals surface area (Å²) in [5.41, 5.74) is 0. The predicted molar refractivity (Wildman–Crippen MR) is 60.9 cm³/mol. The fourth-order valence-electron chi connectivity index (χ4n) is 1.36. The lowest BCUT2D eigenvalue weighted by Crippen LogP contribution is -2.30. The lowest BCUT2D eigenvalue weighted by molar-refractivity contribution is -0.122. The van der Waals surface area contributed by atoms with Crippen LogP contribution >= 0.6 is 11.3 Å². The number of carbonyl (C=O) groups excluding carboxylic acids is 1. The first-order valence-electron chi connectivity index (χ1n) is 5.06. The van der Waals surface area contributed by atoms with Gasteiger partial charge in [-0.15, -0.1) is 11.3 Å². The van der Waals surface area contributed by atoms with E-state index in [1.54, 1.807) is 11.3 Å². The average Bonchev–Trinajstić information content (AvgIpc) is 2.83.